The first-order chi connectivity index (χ1) is 15.7. The van der Waals surface area contributed by atoms with Gasteiger partial charge in [0, 0.05) is 11.1 Å². The van der Waals surface area contributed by atoms with Crippen LogP contribution >= 0.6 is 0 Å². The molecule has 1 aliphatic rings. The summed E-state index contributed by atoms with van der Waals surface area (Å²) in [6.07, 6.45) is 10.9. The van der Waals surface area contributed by atoms with Gasteiger partial charge in [-0.1, -0.05) is 94.7 Å². The number of esters is 1. The fraction of sp³-hybridized carbons (Fsp3) is 0.393. The van der Waals surface area contributed by atoms with E-state index in [1.807, 2.05) is 42.5 Å². The maximum atomic E-state index is 12.9. The molecule has 3 rings (SSSR count). The first-order valence-corrected chi connectivity index (χ1v) is 11.7. The number of rotatable bonds is 11. The zero-order valence-corrected chi connectivity index (χ0v) is 18.8. The lowest BCUT2D eigenvalue weighted by Crippen LogP contribution is -2.08. The smallest absolute Gasteiger partial charge is 0.338 e. The van der Waals surface area contributed by atoms with Gasteiger partial charge in [-0.25, -0.2) is 4.79 Å². The van der Waals surface area contributed by atoms with Gasteiger partial charge in [0.2, 0.25) is 0 Å². The fourth-order valence-corrected chi connectivity index (χ4v) is 4.35. The summed E-state index contributed by atoms with van der Waals surface area (Å²) >= 11 is 0. The number of carbonyl (C=O) groups is 1. The van der Waals surface area contributed by atoms with Gasteiger partial charge in [0.15, 0.2) is 0 Å². The minimum Gasteiger partial charge on any atom is -0.462 e. The van der Waals surface area contributed by atoms with E-state index >= 15 is 0 Å². The van der Waals surface area contributed by atoms with Crippen molar-refractivity contribution in [2.45, 2.75) is 64.7 Å². The topological polar surface area (TPSA) is 73.9 Å². The molecular formula is C28H30N2O2. The Morgan fingerprint density at radius 2 is 1.38 bits per heavy atom. The van der Waals surface area contributed by atoms with E-state index in [4.69, 9.17) is 4.74 Å². The van der Waals surface area contributed by atoms with Crippen LogP contribution in [0.3, 0.4) is 0 Å². The fourth-order valence-electron chi connectivity index (χ4n) is 4.35. The summed E-state index contributed by atoms with van der Waals surface area (Å²) in [4.78, 5) is 12.9. The normalized spacial score (nSPS) is 11.3. The van der Waals surface area contributed by atoms with Gasteiger partial charge in [-0.15, -0.1) is 0 Å². The van der Waals surface area contributed by atoms with Crippen molar-refractivity contribution in [1.29, 1.82) is 10.5 Å². The molecule has 0 aromatic heterocycles. The molecule has 0 saturated carbocycles. The minimum absolute atomic E-state index is 0.0522. The molecule has 0 radical (unpaired) electrons. The third-order valence-electron chi connectivity index (χ3n) is 5.97. The van der Waals surface area contributed by atoms with Crippen molar-refractivity contribution in [3.63, 3.8) is 0 Å². The van der Waals surface area contributed by atoms with Crippen LogP contribution < -0.4 is 0 Å². The zero-order chi connectivity index (χ0) is 22.8. The molecule has 1 aliphatic carbocycles. The summed E-state index contributed by atoms with van der Waals surface area (Å²) in [5, 5.41) is 18.9. The van der Waals surface area contributed by atoms with Crippen molar-refractivity contribution in [1.82, 2.24) is 0 Å². The predicted molar refractivity (Wildman–Crippen MR) is 127 cm³/mol. The van der Waals surface area contributed by atoms with E-state index in [1.165, 1.54) is 44.9 Å². The molecule has 164 valence electrons. The third-order valence-corrected chi connectivity index (χ3v) is 5.97. The summed E-state index contributed by atoms with van der Waals surface area (Å²) in [7, 11) is 0. The second-order valence-corrected chi connectivity index (χ2v) is 8.21. The molecule has 32 heavy (non-hydrogen) atoms. The van der Waals surface area contributed by atoms with Crippen LogP contribution in [-0.2, 0) is 4.74 Å². The van der Waals surface area contributed by atoms with Gasteiger partial charge in [-0.3, -0.25) is 0 Å². The molecule has 0 bridgehead atoms. The van der Waals surface area contributed by atoms with Crippen molar-refractivity contribution in [3.05, 3.63) is 64.7 Å². The molecule has 4 nitrogen and oxygen atoms in total. The lowest BCUT2D eigenvalue weighted by atomic mass is 9.97. The molecule has 0 unspecified atom stereocenters. The number of allylic oxidation sites excluding steroid dienone is 1. The van der Waals surface area contributed by atoms with Crippen LogP contribution in [0.15, 0.2) is 48.0 Å². The maximum Gasteiger partial charge on any atom is 0.338 e. The monoisotopic (exact) mass is 426 g/mol. The van der Waals surface area contributed by atoms with Gasteiger partial charge in [0.25, 0.3) is 0 Å². The largest absolute Gasteiger partial charge is 0.462 e. The van der Waals surface area contributed by atoms with E-state index in [0.29, 0.717) is 17.7 Å². The molecule has 0 saturated heterocycles. The first-order valence-electron chi connectivity index (χ1n) is 11.7. The highest BCUT2D eigenvalue weighted by Gasteiger charge is 2.30. The van der Waals surface area contributed by atoms with Crippen LogP contribution in [0.4, 0.5) is 0 Å². The van der Waals surface area contributed by atoms with Crippen molar-refractivity contribution < 1.29 is 9.53 Å². The van der Waals surface area contributed by atoms with Gasteiger partial charge in [0.05, 0.1) is 12.2 Å². The molecule has 2 aromatic carbocycles. The van der Waals surface area contributed by atoms with Crippen molar-refractivity contribution >= 4 is 11.5 Å². The average Bonchev–Trinajstić information content (AvgIpc) is 3.16. The molecule has 0 fully saturated rings. The summed E-state index contributed by atoms with van der Waals surface area (Å²) in [5.74, 6) is -0.354. The van der Waals surface area contributed by atoms with Gasteiger partial charge in [0.1, 0.15) is 17.7 Å². The first kappa shape index (κ1) is 23.3. The molecule has 0 heterocycles. The Labute approximate surface area is 191 Å². The highest BCUT2D eigenvalue weighted by atomic mass is 16.5. The highest BCUT2D eigenvalue weighted by molar-refractivity contribution is 6.10. The number of unbranched alkanes of at least 4 members (excludes halogenated alkanes) is 8. The molecular weight excluding hydrogens is 396 g/mol. The van der Waals surface area contributed by atoms with Crippen molar-refractivity contribution in [3.8, 4) is 23.3 Å². The van der Waals surface area contributed by atoms with Gasteiger partial charge >= 0.3 is 5.97 Å². The molecule has 0 aliphatic heterocycles. The summed E-state index contributed by atoms with van der Waals surface area (Å²) in [6.45, 7) is 2.64. The van der Waals surface area contributed by atoms with Crippen LogP contribution in [0.25, 0.3) is 16.7 Å². The molecule has 2 aromatic rings. The SMILES string of the molecule is CCCCCCCCCCCOC(=O)c1cccc2c1-c1ccccc1C2=C(C#N)C#N. The number of hydrogen-bond donors (Lipinski definition) is 0. The number of hydrogen-bond acceptors (Lipinski definition) is 4. The Balaban J connectivity index is 1.64. The number of carbonyl (C=O) groups excluding carboxylic acids is 1. The predicted octanol–water partition coefficient (Wildman–Crippen LogP) is 7.20. The lowest BCUT2D eigenvalue weighted by Gasteiger charge is -2.10. The molecule has 0 atom stereocenters. The van der Waals surface area contributed by atoms with E-state index in [9.17, 15) is 15.3 Å². The van der Waals surface area contributed by atoms with Crippen LogP contribution in [0, 0.1) is 22.7 Å². The van der Waals surface area contributed by atoms with Crippen LogP contribution in [0.2, 0.25) is 0 Å². The van der Waals surface area contributed by atoms with Crippen molar-refractivity contribution in [2.24, 2.45) is 0 Å². The van der Waals surface area contributed by atoms with E-state index in [-0.39, 0.29) is 11.5 Å². The number of nitriles is 2. The van der Waals surface area contributed by atoms with Crippen LogP contribution in [-0.4, -0.2) is 12.6 Å². The van der Waals surface area contributed by atoms with E-state index in [1.54, 1.807) is 12.1 Å². The number of fused-ring (bicyclic) bond motifs is 3. The minimum atomic E-state index is -0.354. The molecule has 4 heteroatoms. The summed E-state index contributed by atoms with van der Waals surface area (Å²) in [5.41, 5.74) is 4.28. The summed E-state index contributed by atoms with van der Waals surface area (Å²) in [6, 6.07) is 17.0. The van der Waals surface area contributed by atoms with Crippen LogP contribution in [0.5, 0.6) is 0 Å². The Morgan fingerprint density at radius 1 is 0.781 bits per heavy atom. The van der Waals surface area contributed by atoms with Gasteiger partial charge in [-0.2, -0.15) is 10.5 Å². The Bertz CT molecular complexity index is 1050. The highest BCUT2D eigenvalue weighted by Crippen LogP contribution is 2.47. The molecule has 0 N–H and O–H groups in total. The zero-order valence-electron chi connectivity index (χ0n) is 18.8. The van der Waals surface area contributed by atoms with E-state index in [2.05, 4.69) is 6.92 Å². The Hall–Kier alpha value is -3.37. The van der Waals surface area contributed by atoms with E-state index in [0.717, 1.165) is 35.1 Å². The maximum absolute atomic E-state index is 12.9. The molecule has 0 amide bonds. The lowest BCUT2D eigenvalue weighted by molar-refractivity contribution is 0.0498. The second kappa shape index (κ2) is 11.9. The number of nitrogens with zero attached hydrogens (tertiary/aromatic N) is 2. The quantitative estimate of drug-likeness (QED) is 0.184. The number of benzene rings is 2. The number of ether oxygens (including phenoxy) is 1. The Kier molecular flexibility index (Phi) is 8.64. The van der Waals surface area contributed by atoms with Gasteiger partial charge in [-0.05, 0) is 29.2 Å². The van der Waals surface area contributed by atoms with Crippen LogP contribution in [0.1, 0.15) is 86.2 Å². The molecule has 0 spiro atoms. The third kappa shape index (κ3) is 5.27. The second-order valence-electron chi connectivity index (χ2n) is 8.21. The van der Waals surface area contributed by atoms with Gasteiger partial charge < -0.3 is 4.74 Å². The van der Waals surface area contributed by atoms with E-state index < -0.39 is 0 Å². The Morgan fingerprint density at radius 3 is 2.03 bits per heavy atom. The standard InChI is InChI=1S/C28H30N2O2/c1-2-3-4-5-6-7-8-9-12-18-32-28(31)25-17-13-16-24-26(21(19-29)20-30)22-14-10-11-15-23(22)27(24)25/h10-11,13-17H,2-9,12,18H2,1H3. The summed E-state index contributed by atoms with van der Waals surface area (Å²) < 4.78 is 5.59. The average molecular weight is 427 g/mol. The van der Waals surface area contributed by atoms with Crippen molar-refractivity contribution in [2.75, 3.05) is 6.61 Å².